The number of methoxy groups -OCH3 is 1. The molecule has 0 atom stereocenters. The maximum absolute atomic E-state index is 12.0. The topological polar surface area (TPSA) is 89.0 Å². The van der Waals surface area contributed by atoms with Gasteiger partial charge in [0.1, 0.15) is 24.5 Å². The molecule has 2 N–H and O–H groups in total. The fourth-order valence-electron chi connectivity index (χ4n) is 2.17. The fourth-order valence-corrected chi connectivity index (χ4v) is 2.55. The summed E-state index contributed by atoms with van der Waals surface area (Å²) in [7, 11) is 1.50. The number of terminal acetylenes is 1. The molecular formula is C20H18BrN3O4. The maximum Gasteiger partial charge on any atom is 0.249 e. The second-order valence-electron chi connectivity index (χ2n) is 5.39. The Labute approximate surface area is 171 Å². The largest absolute Gasteiger partial charge is 0.495 e. The van der Waals surface area contributed by atoms with Crippen molar-refractivity contribution in [2.24, 2.45) is 5.10 Å². The van der Waals surface area contributed by atoms with Gasteiger partial charge >= 0.3 is 0 Å². The third kappa shape index (κ3) is 6.45. The highest BCUT2D eigenvalue weighted by Crippen LogP contribution is 2.23. The van der Waals surface area contributed by atoms with Crippen molar-refractivity contribution in [3.8, 4) is 23.8 Å². The average molecular weight is 444 g/mol. The summed E-state index contributed by atoms with van der Waals surface area (Å²) in [6, 6.07) is 12.2. The number of carbonyl (C=O) groups is 2. The Balaban J connectivity index is 1.92. The maximum atomic E-state index is 12.0. The third-order valence-corrected chi connectivity index (χ3v) is 3.87. The minimum absolute atomic E-state index is 0.109. The van der Waals surface area contributed by atoms with Crippen LogP contribution >= 0.6 is 15.9 Å². The van der Waals surface area contributed by atoms with E-state index in [1.807, 2.05) is 0 Å². The van der Waals surface area contributed by atoms with Gasteiger partial charge in [0.05, 0.1) is 19.0 Å². The molecule has 0 aliphatic heterocycles. The molecule has 0 aliphatic carbocycles. The third-order valence-electron chi connectivity index (χ3n) is 3.38. The van der Waals surface area contributed by atoms with Crippen molar-refractivity contribution >= 4 is 39.6 Å². The standard InChI is InChI=1S/C20H18BrN3O4/c1-3-10-28-17-9-8-15(21)11-14(17)13-22-24-20(26)12-19(25)23-16-6-4-5-7-18(16)27-2/h1,4-9,11,13H,10,12H2,2H3,(H,23,25)(H,24,26). The predicted molar refractivity (Wildman–Crippen MR) is 110 cm³/mol. The molecule has 28 heavy (non-hydrogen) atoms. The SMILES string of the molecule is C#CCOc1ccc(Br)cc1C=NNC(=O)CC(=O)Nc1ccccc1OC. The Kier molecular flexibility index (Phi) is 8.06. The zero-order valence-corrected chi connectivity index (χ0v) is 16.7. The molecule has 8 heteroatoms. The molecule has 0 aromatic heterocycles. The first-order valence-corrected chi connectivity index (χ1v) is 8.93. The summed E-state index contributed by atoms with van der Waals surface area (Å²) < 4.78 is 11.4. The van der Waals surface area contributed by atoms with Gasteiger partial charge in [0, 0.05) is 10.0 Å². The van der Waals surface area contributed by atoms with E-state index in [9.17, 15) is 9.59 Å². The van der Waals surface area contributed by atoms with E-state index >= 15 is 0 Å². The van der Waals surface area contributed by atoms with Gasteiger partial charge < -0.3 is 14.8 Å². The van der Waals surface area contributed by atoms with Crippen LogP contribution in [0.25, 0.3) is 0 Å². The molecule has 0 bridgehead atoms. The minimum atomic E-state index is -0.565. The van der Waals surface area contributed by atoms with E-state index in [2.05, 4.69) is 37.7 Å². The Morgan fingerprint density at radius 3 is 2.75 bits per heavy atom. The number of para-hydroxylation sites is 2. The zero-order valence-electron chi connectivity index (χ0n) is 15.1. The molecule has 0 saturated carbocycles. The number of hydrazone groups is 1. The van der Waals surface area contributed by atoms with E-state index in [0.717, 1.165) is 4.47 Å². The lowest BCUT2D eigenvalue weighted by Gasteiger charge is -2.09. The van der Waals surface area contributed by atoms with E-state index in [4.69, 9.17) is 15.9 Å². The van der Waals surface area contributed by atoms with Crippen LogP contribution in [0.3, 0.4) is 0 Å². The van der Waals surface area contributed by atoms with Crippen molar-refractivity contribution in [3.63, 3.8) is 0 Å². The lowest BCUT2D eigenvalue weighted by molar-refractivity contribution is -0.126. The first-order valence-electron chi connectivity index (χ1n) is 8.14. The quantitative estimate of drug-likeness (QED) is 0.284. The van der Waals surface area contributed by atoms with E-state index in [1.165, 1.54) is 13.3 Å². The molecule has 0 fully saturated rings. The molecule has 0 heterocycles. The summed E-state index contributed by atoms with van der Waals surface area (Å²) in [5.74, 6) is 2.35. The highest BCUT2D eigenvalue weighted by molar-refractivity contribution is 9.10. The lowest BCUT2D eigenvalue weighted by Crippen LogP contribution is -2.24. The molecule has 0 saturated heterocycles. The van der Waals surface area contributed by atoms with Gasteiger partial charge in [0.25, 0.3) is 0 Å². The van der Waals surface area contributed by atoms with Gasteiger partial charge in [-0.3, -0.25) is 9.59 Å². The molecule has 0 radical (unpaired) electrons. The van der Waals surface area contributed by atoms with Gasteiger partial charge in [0.2, 0.25) is 11.8 Å². The van der Waals surface area contributed by atoms with Crippen LogP contribution in [0.4, 0.5) is 5.69 Å². The van der Waals surface area contributed by atoms with Crippen molar-refractivity contribution < 1.29 is 19.1 Å². The Bertz CT molecular complexity index is 922. The van der Waals surface area contributed by atoms with Crippen molar-refractivity contribution in [1.29, 1.82) is 0 Å². The second kappa shape index (κ2) is 10.7. The average Bonchev–Trinajstić information content (AvgIpc) is 2.67. The smallest absolute Gasteiger partial charge is 0.249 e. The van der Waals surface area contributed by atoms with E-state index in [1.54, 1.807) is 42.5 Å². The number of benzene rings is 2. The molecular weight excluding hydrogens is 426 g/mol. The van der Waals surface area contributed by atoms with Gasteiger partial charge in [-0.1, -0.05) is 34.0 Å². The lowest BCUT2D eigenvalue weighted by atomic mass is 10.2. The first kappa shape index (κ1) is 21.0. The van der Waals surface area contributed by atoms with E-state index in [-0.39, 0.29) is 6.61 Å². The van der Waals surface area contributed by atoms with Crippen molar-refractivity contribution in [2.75, 3.05) is 19.0 Å². The van der Waals surface area contributed by atoms with Crippen LogP contribution in [-0.4, -0.2) is 31.7 Å². The molecule has 2 rings (SSSR count). The Morgan fingerprint density at radius 2 is 2.00 bits per heavy atom. The summed E-state index contributed by atoms with van der Waals surface area (Å²) >= 11 is 3.35. The molecule has 0 aliphatic rings. The number of carbonyl (C=O) groups excluding carboxylic acids is 2. The summed E-state index contributed by atoms with van der Waals surface area (Å²) in [6.45, 7) is 0.109. The molecule has 2 aromatic carbocycles. The van der Waals surface area contributed by atoms with Gasteiger partial charge in [-0.15, -0.1) is 6.42 Å². The summed E-state index contributed by atoms with van der Waals surface area (Å²) in [6.07, 6.45) is 6.21. The number of nitrogens with one attached hydrogen (secondary N) is 2. The molecule has 144 valence electrons. The second-order valence-corrected chi connectivity index (χ2v) is 6.31. The summed E-state index contributed by atoms with van der Waals surface area (Å²) in [5, 5.41) is 6.48. The van der Waals surface area contributed by atoms with Crippen LogP contribution in [0.1, 0.15) is 12.0 Å². The molecule has 7 nitrogen and oxygen atoms in total. The van der Waals surface area contributed by atoms with Crippen LogP contribution in [0.2, 0.25) is 0 Å². The number of nitrogens with zero attached hydrogens (tertiary/aromatic N) is 1. The van der Waals surface area contributed by atoms with Gasteiger partial charge in [-0.05, 0) is 30.3 Å². The van der Waals surface area contributed by atoms with Crippen LogP contribution in [0, 0.1) is 12.3 Å². The molecule has 0 spiro atoms. The van der Waals surface area contributed by atoms with E-state index < -0.39 is 18.2 Å². The normalized spacial score (nSPS) is 10.2. The molecule has 0 unspecified atom stereocenters. The van der Waals surface area contributed by atoms with Crippen molar-refractivity contribution in [1.82, 2.24) is 5.43 Å². The summed E-state index contributed by atoms with van der Waals surface area (Å²) in [4.78, 5) is 23.9. The summed E-state index contributed by atoms with van der Waals surface area (Å²) in [5.41, 5.74) is 3.40. The number of rotatable bonds is 8. The number of hydrogen-bond donors (Lipinski definition) is 2. The van der Waals surface area contributed by atoms with Crippen LogP contribution in [-0.2, 0) is 9.59 Å². The van der Waals surface area contributed by atoms with Gasteiger partial charge in [-0.25, -0.2) is 5.43 Å². The van der Waals surface area contributed by atoms with Crippen LogP contribution in [0.15, 0.2) is 52.0 Å². The highest BCUT2D eigenvalue weighted by atomic mass is 79.9. The number of ether oxygens (including phenoxy) is 2. The Hall–Kier alpha value is -3.31. The minimum Gasteiger partial charge on any atom is -0.495 e. The van der Waals surface area contributed by atoms with Crippen LogP contribution in [0.5, 0.6) is 11.5 Å². The number of hydrogen-bond acceptors (Lipinski definition) is 5. The van der Waals surface area contributed by atoms with Crippen molar-refractivity contribution in [3.05, 3.63) is 52.5 Å². The monoisotopic (exact) mass is 443 g/mol. The molecule has 2 aromatic rings. The number of amides is 2. The van der Waals surface area contributed by atoms with Gasteiger partial charge in [-0.2, -0.15) is 5.10 Å². The van der Waals surface area contributed by atoms with Crippen molar-refractivity contribution in [2.45, 2.75) is 6.42 Å². The van der Waals surface area contributed by atoms with Gasteiger partial charge in [0.15, 0.2) is 0 Å². The van der Waals surface area contributed by atoms with E-state index in [0.29, 0.717) is 22.7 Å². The first-order chi connectivity index (χ1) is 13.5. The number of anilines is 1. The molecule has 2 amide bonds. The Morgan fingerprint density at radius 1 is 1.21 bits per heavy atom. The van der Waals surface area contributed by atoms with Crippen LogP contribution < -0.4 is 20.2 Å². The zero-order chi connectivity index (χ0) is 20.4. The number of halogens is 1. The predicted octanol–water partition coefficient (Wildman–Crippen LogP) is 2.95. The fraction of sp³-hybridized carbons (Fsp3) is 0.150. The highest BCUT2D eigenvalue weighted by Gasteiger charge is 2.11.